The third kappa shape index (κ3) is 2.98. The first-order chi connectivity index (χ1) is 7.93. The Kier molecular flexibility index (Phi) is 4.54. The second-order valence-electron chi connectivity index (χ2n) is 4.18. The minimum atomic E-state index is -0.613. The van der Waals surface area contributed by atoms with E-state index in [2.05, 4.69) is 26.8 Å². The third-order valence-electron chi connectivity index (χ3n) is 2.68. The molecule has 0 saturated heterocycles. The molecule has 0 aliphatic carbocycles. The van der Waals surface area contributed by atoms with Crippen molar-refractivity contribution in [1.82, 2.24) is 10.9 Å². The predicted molar refractivity (Wildman–Crippen MR) is 70.9 cm³/mol. The van der Waals surface area contributed by atoms with E-state index in [1.165, 1.54) is 0 Å². The van der Waals surface area contributed by atoms with Gasteiger partial charge in [-0.1, -0.05) is 6.07 Å². The van der Waals surface area contributed by atoms with E-state index >= 15 is 0 Å². The first-order valence-electron chi connectivity index (χ1n) is 5.24. The smallest absolute Gasteiger partial charge is 0.244 e. The molecule has 0 atom stereocenters. The highest BCUT2D eigenvalue weighted by molar-refractivity contribution is 9.10. The van der Waals surface area contributed by atoms with Crippen molar-refractivity contribution in [2.75, 3.05) is 14.2 Å². The highest BCUT2D eigenvalue weighted by Crippen LogP contribution is 2.31. The van der Waals surface area contributed by atoms with Crippen LogP contribution in [0.1, 0.15) is 19.4 Å². The van der Waals surface area contributed by atoms with Gasteiger partial charge < -0.3 is 4.74 Å². The van der Waals surface area contributed by atoms with Crippen LogP contribution in [-0.4, -0.2) is 20.1 Å². The van der Waals surface area contributed by atoms with Crippen LogP contribution in [0.5, 0.6) is 5.75 Å². The lowest BCUT2D eigenvalue weighted by Crippen LogP contribution is -2.45. The van der Waals surface area contributed by atoms with Crippen molar-refractivity contribution in [2.45, 2.75) is 19.3 Å². The Labute approximate surface area is 110 Å². The van der Waals surface area contributed by atoms with Gasteiger partial charge in [0, 0.05) is 7.05 Å². The van der Waals surface area contributed by atoms with Gasteiger partial charge in [-0.2, -0.15) is 0 Å². The number of hydrazine groups is 1. The molecule has 0 spiro atoms. The molecule has 5 heteroatoms. The molecule has 0 aliphatic rings. The largest absolute Gasteiger partial charge is 0.496 e. The van der Waals surface area contributed by atoms with Crippen molar-refractivity contribution in [3.8, 4) is 5.75 Å². The van der Waals surface area contributed by atoms with Gasteiger partial charge >= 0.3 is 0 Å². The van der Waals surface area contributed by atoms with E-state index in [0.29, 0.717) is 0 Å². The van der Waals surface area contributed by atoms with Crippen LogP contribution in [0.15, 0.2) is 22.7 Å². The molecule has 0 fully saturated rings. The summed E-state index contributed by atoms with van der Waals surface area (Å²) in [5.41, 5.74) is 5.54. The summed E-state index contributed by atoms with van der Waals surface area (Å²) in [7, 11) is 3.27. The number of carbonyl (C=O) groups excluding carboxylic acids is 1. The Bertz CT molecular complexity index is 419. The van der Waals surface area contributed by atoms with Gasteiger partial charge in [0.15, 0.2) is 0 Å². The lowest BCUT2D eigenvalue weighted by atomic mass is 9.84. The highest BCUT2D eigenvalue weighted by atomic mass is 79.9. The molecule has 1 aromatic rings. The summed E-state index contributed by atoms with van der Waals surface area (Å²) < 4.78 is 6.00. The second kappa shape index (κ2) is 5.51. The third-order valence-corrected chi connectivity index (χ3v) is 3.30. The molecule has 0 saturated carbocycles. The van der Waals surface area contributed by atoms with Crippen LogP contribution in [-0.2, 0) is 10.2 Å². The van der Waals surface area contributed by atoms with Crippen LogP contribution in [0.4, 0.5) is 0 Å². The molecule has 0 unspecified atom stereocenters. The zero-order valence-corrected chi connectivity index (χ0v) is 12.0. The van der Waals surface area contributed by atoms with Crippen LogP contribution in [0.25, 0.3) is 0 Å². The molecular formula is C12H17BrN2O2. The van der Waals surface area contributed by atoms with E-state index in [4.69, 9.17) is 4.74 Å². The SMILES string of the molecule is CNNC(=O)C(C)(C)c1ccc(OC)c(Br)c1. The Hall–Kier alpha value is -1.07. The van der Waals surface area contributed by atoms with Gasteiger partial charge in [-0.05, 0) is 47.5 Å². The van der Waals surface area contributed by atoms with Crippen LogP contribution in [0, 0.1) is 0 Å². The second-order valence-corrected chi connectivity index (χ2v) is 5.03. The van der Waals surface area contributed by atoms with Gasteiger partial charge in [0.05, 0.1) is 17.0 Å². The maximum atomic E-state index is 11.9. The van der Waals surface area contributed by atoms with Crippen molar-refractivity contribution in [2.24, 2.45) is 0 Å². The Balaban J connectivity index is 3.07. The first-order valence-corrected chi connectivity index (χ1v) is 6.04. The molecule has 0 radical (unpaired) electrons. The number of carbonyl (C=O) groups is 1. The summed E-state index contributed by atoms with van der Waals surface area (Å²) in [5, 5.41) is 0. The fourth-order valence-corrected chi connectivity index (χ4v) is 2.00. The summed E-state index contributed by atoms with van der Waals surface area (Å²) in [6.45, 7) is 3.74. The predicted octanol–water partition coefficient (Wildman–Crippen LogP) is 1.99. The van der Waals surface area contributed by atoms with E-state index in [9.17, 15) is 4.79 Å². The van der Waals surface area contributed by atoms with E-state index in [-0.39, 0.29) is 5.91 Å². The van der Waals surface area contributed by atoms with E-state index < -0.39 is 5.41 Å². The number of rotatable bonds is 4. The molecule has 94 valence electrons. The highest BCUT2D eigenvalue weighted by Gasteiger charge is 2.30. The molecule has 0 heterocycles. The summed E-state index contributed by atoms with van der Waals surface area (Å²) >= 11 is 3.42. The Morgan fingerprint density at radius 1 is 1.41 bits per heavy atom. The molecule has 0 aliphatic heterocycles. The summed E-state index contributed by atoms with van der Waals surface area (Å²) in [5.74, 6) is 0.663. The maximum absolute atomic E-state index is 11.9. The molecule has 0 aromatic heterocycles. The van der Waals surface area contributed by atoms with Crippen molar-refractivity contribution < 1.29 is 9.53 Å². The van der Waals surface area contributed by atoms with Crippen LogP contribution >= 0.6 is 15.9 Å². The zero-order valence-electron chi connectivity index (χ0n) is 10.4. The van der Waals surface area contributed by atoms with E-state index in [1.807, 2.05) is 32.0 Å². The maximum Gasteiger partial charge on any atom is 0.244 e. The van der Waals surface area contributed by atoms with Gasteiger partial charge in [0.1, 0.15) is 5.75 Å². The fourth-order valence-electron chi connectivity index (χ4n) is 1.46. The van der Waals surface area contributed by atoms with Gasteiger partial charge in [0.25, 0.3) is 0 Å². The molecule has 1 amide bonds. The number of benzene rings is 1. The van der Waals surface area contributed by atoms with Gasteiger partial charge in [-0.3, -0.25) is 10.2 Å². The molecule has 1 rings (SSSR count). The number of hydrogen-bond acceptors (Lipinski definition) is 3. The zero-order chi connectivity index (χ0) is 13.1. The Morgan fingerprint density at radius 3 is 2.53 bits per heavy atom. The molecular weight excluding hydrogens is 284 g/mol. The van der Waals surface area contributed by atoms with Crippen molar-refractivity contribution in [1.29, 1.82) is 0 Å². The van der Waals surface area contributed by atoms with Gasteiger partial charge in [0.2, 0.25) is 5.91 Å². The normalized spacial score (nSPS) is 11.1. The standard InChI is InChI=1S/C12H17BrN2O2/c1-12(2,11(16)15-14-3)8-5-6-10(17-4)9(13)7-8/h5-7,14H,1-4H3,(H,15,16). The fraction of sp³-hybridized carbons (Fsp3) is 0.417. The average molecular weight is 301 g/mol. The summed E-state index contributed by atoms with van der Waals surface area (Å²) in [6, 6.07) is 5.63. The topological polar surface area (TPSA) is 50.4 Å². The number of hydrogen-bond donors (Lipinski definition) is 2. The van der Waals surface area contributed by atoms with E-state index in [0.717, 1.165) is 15.8 Å². The van der Waals surface area contributed by atoms with Crippen molar-refractivity contribution in [3.63, 3.8) is 0 Å². The monoisotopic (exact) mass is 300 g/mol. The van der Waals surface area contributed by atoms with E-state index in [1.54, 1.807) is 14.2 Å². The van der Waals surface area contributed by atoms with Gasteiger partial charge in [-0.25, -0.2) is 5.43 Å². The first kappa shape index (κ1) is 14.0. The minimum Gasteiger partial charge on any atom is -0.496 e. The number of halogens is 1. The minimum absolute atomic E-state index is 0.0860. The quantitative estimate of drug-likeness (QED) is 0.836. The number of methoxy groups -OCH3 is 1. The van der Waals surface area contributed by atoms with Crippen LogP contribution in [0.2, 0.25) is 0 Å². The molecule has 17 heavy (non-hydrogen) atoms. The average Bonchev–Trinajstić information content (AvgIpc) is 2.29. The number of ether oxygens (including phenoxy) is 1. The molecule has 2 N–H and O–H groups in total. The summed E-state index contributed by atoms with van der Waals surface area (Å²) in [4.78, 5) is 11.9. The van der Waals surface area contributed by atoms with Crippen LogP contribution < -0.4 is 15.6 Å². The van der Waals surface area contributed by atoms with Crippen LogP contribution in [0.3, 0.4) is 0 Å². The molecule has 1 aromatic carbocycles. The molecule has 0 bridgehead atoms. The van der Waals surface area contributed by atoms with Crippen molar-refractivity contribution in [3.05, 3.63) is 28.2 Å². The number of amides is 1. The lowest BCUT2D eigenvalue weighted by Gasteiger charge is -2.24. The molecule has 4 nitrogen and oxygen atoms in total. The Morgan fingerprint density at radius 2 is 2.06 bits per heavy atom. The summed E-state index contributed by atoms with van der Waals surface area (Å²) in [6.07, 6.45) is 0. The van der Waals surface area contributed by atoms with Gasteiger partial charge in [-0.15, -0.1) is 0 Å². The number of nitrogens with one attached hydrogen (secondary N) is 2. The lowest BCUT2D eigenvalue weighted by molar-refractivity contribution is -0.126. The van der Waals surface area contributed by atoms with Crippen molar-refractivity contribution >= 4 is 21.8 Å².